The molecule has 0 unspecified atom stereocenters. The van der Waals surface area contributed by atoms with Gasteiger partial charge < -0.3 is 0 Å². The lowest BCUT2D eigenvalue weighted by molar-refractivity contribution is -0.290. The van der Waals surface area contributed by atoms with Crippen molar-refractivity contribution < 1.29 is 9.78 Å². The van der Waals surface area contributed by atoms with Gasteiger partial charge in [0.25, 0.3) is 0 Å². The van der Waals surface area contributed by atoms with Gasteiger partial charge in [0.2, 0.25) is 0 Å². The van der Waals surface area contributed by atoms with Crippen molar-refractivity contribution in [3.05, 3.63) is 0 Å². The Kier molecular flexibility index (Phi) is 8.77. The van der Waals surface area contributed by atoms with Crippen molar-refractivity contribution in [1.82, 2.24) is 0 Å². The largest absolute Gasteiger partial charge is 0.237 e. The quantitative estimate of drug-likeness (QED) is 0.281. The lowest BCUT2D eigenvalue weighted by Crippen LogP contribution is -1.98. The van der Waals surface area contributed by atoms with E-state index < -0.39 is 0 Å². The van der Waals surface area contributed by atoms with E-state index in [9.17, 15) is 0 Å². The summed E-state index contributed by atoms with van der Waals surface area (Å²) >= 11 is 3.21. The molecule has 0 heterocycles. The minimum Gasteiger partial charge on any atom is -0.237 e. The summed E-state index contributed by atoms with van der Waals surface area (Å²) in [4.78, 5) is 9.52. The maximum atomic E-state index is 4.78. The van der Waals surface area contributed by atoms with E-state index in [1.54, 1.807) is 0 Å². The van der Waals surface area contributed by atoms with Crippen molar-refractivity contribution in [2.24, 2.45) is 0 Å². The second kappa shape index (κ2) is 8.40. The summed E-state index contributed by atoms with van der Waals surface area (Å²) < 4.78 is 0. The number of unbranched alkanes of at least 4 members (excludes halogenated alkanes) is 1. The van der Waals surface area contributed by atoms with Crippen LogP contribution in [0.25, 0.3) is 0 Å². The Morgan fingerprint density at radius 2 is 1.89 bits per heavy atom. The van der Waals surface area contributed by atoms with Crippen LogP contribution in [0.15, 0.2) is 0 Å². The fourth-order valence-electron chi connectivity index (χ4n) is 0.353. The molecule has 0 spiro atoms. The highest BCUT2D eigenvalue weighted by molar-refractivity contribution is 9.09. The van der Waals surface area contributed by atoms with E-state index in [4.69, 9.17) is 9.78 Å². The van der Waals surface area contributed by atoms with E-state index in [1.165, 1.54) is 0 Å². The molecule has 9 heavy (non-hydrogen) atoms. The molecule has 0 aliphatic heterocycles. The number of hydrogen-bond acceptors (Lipinski definition) is 2. The third-order valence-electron chi connectivity index (χ3n) is 0.825. The summed E-state index contributed by atoms with van der Waals surface area (Å²) in [6.45, 7) is 3.46. The second-order valence-electron chi connectivity index (χ2n) is 1.69. The van der Waals surface area contributed by atoms with Crippen LogP contribution in [-0.2, 0) is 9.78 Å². The molecule has 0 amide bonds. The number of hydrogen-bond donors (Lipinski definition) is 0. The topological polar surface area (TPSA) is 18.5 Å². The van der Waals surface area contributed by atoms with Crippen molar-refractivity contribution in [1.29, 1.82) is 0 Å². The minimum absolute atomic E-state index is 0.629. The maximum Gasteiger partial charge on any atom is 0.0919 e. The van der Waals surface area contributed by atoms with Crippen molar-refractivity contribution in [3.63, 3.8) is 0 Å². The van der Waals surface area contributed by atoms with Gasteiger partial charge in [-0.1, -0.05) is 29.3 Å². The SMILES string of the molecule is CCCCOOCCBr. The first-order valence-corrected chi connectivity index (χ1v) is 4.34. The molecule has 0 aromatic carbocycles. The van der Waals surface area contributed by atoms with Crippen LogP contribution in [-0.4, -0.2) is 18.5 Å². The van der Waals surface area contributed by atoms with Crippen LogP contribution >= 0.6 is 15.9 Å². The molecular weight excluding hydrogens is 184 g/mol. The molecule has 0 rings (SSSR count). The first-order chi connectivity index (χ1) is 4.41. The van der Waals surface area contributed by atoms with E-state index in [2.05, 4.69) is 22.9 Å². The molecule has 56 valence electrons. The standard InChI is InChI=1S/C6H13BrO2/c1-2-3-5-8-9-6-4-7/h2-6H2,1H3. The molecule has 0 saturated carbocycles. The zero-order chi connectivity index (χ0) is 6.95. The second-order valence-corrected chi connectivity index (χ2v) is 2.48. The lowest BCUT2D eigenvalue weighted by atomic mass is 10.4. The fourth-order valence-corrected chi connectivity index (χ4v) is 0.485. The van der Waals surface area contributed by atoms with Crippen molar-refractivity contribution >= 4 is 15.9 Å². The first kappa shape index (κ1) is 9.40. The van der Waals surface area contributed by atoms with E-state index in [0.717, 1.165) is 18.2 Å². The number of rotatable bonds is 6. The van der Waals surface area contributed by atoms with Gasteiger partial charge in [-0.3, -0.25) is 0 Å². The van der Waals surface area contributed by atoms with Gasteiger partial charge in [-0.25, -0.2) is 9.78 Å². The summed E-state index contributed by atoms with van der Waals surface area (Å²) in [5.74, 6) is 0. The van der Waals surface area contributed by atoms with Gasteiger partial charge in [0.1, 0.15) is 0 Å². The van der Waals surface area contributed by atoms with Gasteiger partial charge in [-0.2, -0.15) is 0 Å². The molecule has 0 aromatic heterocycles. The molecule has 0 fully saturated rings. The van der Waals surface area contributed by atoms with Crippen molar-refractivity contribution in [3.8, 4) is 0 Å². The molecule has 0 N–H and O–H groups in total. The van der Waals surface area contributed by atoms with E-state index >= 15 is 0 Å². The zero-order valence-electron chi connectivity index (χ0n) is 5.73. The zero-order valence-corrected chi connectivity index (χ0v) is 7.32. The predicted octanol–water partition coefficient (Wildman–Crippen LogP) is 2.13. The lowest BCUT2D eigenvalue weighted by Gasteiger charge is -1.99. The summed E-state index contributed by atoms with van der Waals surface area (Å²) in [6.07, 6.45) is 2.22. The molecule has 0 aliphatic rings. The Morgan fingerprint density at radius 1 is 1.22 bits per heavy atom. The van der Waals surface area contributed by atoms with E-state index in [0.29, 0.717) is 13.2 Å². The van der Waals surface area contributed by atoms with Crippen LogP contribution in [0.1, 0.15) is 19.8 Å². The molecular formula is C6H13BrO2. The highest BCUT2D eigenvalue weighted by Crippen LogP contribution is 1.89. The van der Waals surface area contributed by atoms with Crippen LogP contribution in [0.2, 0.25) is 0 Å². The number of halogens is 1. The molecule has 0 atom stereocenters. The Hall–Kier alpha value is 0.400. The van der Waals surface area contributed by atoms with Crippen LogP contribution in [0, 0.1) is 0 Å². The van der Waals surface area contributed by atoms with Crippen LogP contribution in [0.5, 0.6) is 0 Å². The van der Waals surface area contributed by atoms with Crippen LogP contribution < -0.4 is 0 Å². The van der Waals surface area contributed by atoms with Gasteiger partial charge in [-0.15, -0.1) is 0 Å². The maximum absolute atomic E-state index is 4.78. The average Bonchev–Trinajstić information content (AvgIpc) is 1.89. The summed E-state index contributed by atoms with van der Waals surface area (Å²) in [7, 11) is 0. The normalized spacial score (nSPS) is 10.0. The van der Waals surface area contributed by atoms with Gasteiger partial charge in [-0.05, 0) is 6.42 Å². The van der Waals surface area contributed by atoms with Crippen molar-refractivity contribution in [2.45, 2.75) is 19.8 Å². The minimum atomic E-state index is 0.629. The van der Waals surface area contributed by atoms with E-state index in [1.807, 2.05) is 0 Å². The Bertz CT molecular complexity index is 44.3. The molecule has 0 aromatic rings. The Morgan fingerprint density at radius 3 is 2.44 bits per heavy atom. The summed E-state index contributed by atoms with van der Waals surface area (Å²) in [5.41, 5.74) is 0. The van der Waals surface area contributed by atoms with Gasteiger partial charge >= 0.3 is 0 Å². The average molecular weight is 197 g/mol. The van der Waals surface area contributed by atoms with Crippen molar-refractivity contribution in [2.75, 3.05) is 18.5 Å². The third kappa shape index (κ3) is 8.40. The molecule has 0 bridgehead atoms. The van der Waals surface area contributed by atoms with Gasteiger partial charge in [0.05, 0.1) is 13.2 Å². The summed E-state index contributed by atoms with van der Waals surface area (Å²) in [6, 6.07) is 0. The highest BCUT2D eigenvalue weighted by Gasteiger charge is 1.85. The Labute approximate surface area is 64.6 Å². The van der Waals surface area contributed by atoms with Gasteiger partial charge in [0.15, 0.2) is 0 Å². The molecule has 0 radical (unpaired) electrons. The van der Waals surface area contributed by atoms with Crippen LogP contribution in [0.4, 0.5) is 0 Å². The van der Waals surface area contributed by atoms with Crippen LogP contribution in [0.3, 0.4) is 0 Å². The number of alkyl halides is 1. The monoisotopic (exact) mass is 196 g/mol. The third-order valence-corrected chi connectivity index (χ3v) is 1.15. The highest BCUT2D eigenvalue weighted by atomic mass is 79.9. The predicted molar refractivity (Wildman–Crippen MR) is 40.6 cm³/mol. The van der Waals surface area contributed by atoms with E-state index in [-0.39, 0.29) is 0 Å². The molecule has 2 nitrogen and oxygen atoms in total. The molecule has 0 aliphatic carbocycles. The first-order valence-electron chi connectivity index (χ1n) is 3.22. The summed E-state index contributed by atoms with van der Waals surface area (Å²) in [5, 5.41) is 0.832. The Balaban J connectivity index is 2.60. The smallest absolute Gasteiger partial charge is 0.0919 e. The molecule has 0 saturated heterocycles. The van der Waals surface area contributed by atoms with Gasteiger partial charge in [0, 0.05) is 5.33 Å². The molecule has 3 heteroatoms. The fraction of sp³-hybridized carbons (Fsp3) is 1.00.